The zero-order chi connectivity index (χ0) is 14.7. The molecule has 2 heterocycles. The Morgan fingerprint density at radius 2 is 2.05 bits per heavy atom. The Bertz CT molecular complexity index is 571. The lowest BCUT2D eigenvalue weighted by Crippen LogP contribution is -2.45. The van der Waals surface area contributed by atoms with Crippen molar-refractivity contribution in [2.45, 2.75) is 31.8 Å². The number of piperidine rings is 1. The van der Waals surface area contributed by atoms with Crippen LogP contribution in [0.3, 0.4) is 0 Å². The molecule has 1 aromatic carbocycles. The number of likely N-dealkylation sites (N-methyl/N-ethyl adjacent to an activating group) is 1. The van der Waals surface area contributed by atoms with Crippen LogP contribution < -0.4 is 5.32 Å². The summed E-state index contributed by atoms with van der Waals surface area (Å²) in [6.07, 6.45) is 4.54. The van der Waals surface area contributed by atoms with Gasteiger partial charge in [0.2, 0.25) is 0 Å². The molecule has 22 heavy (non-hydrogen) atoms. The van der Waals surface area contributed by atoms with E-state index in [2.05, 4.69) is 27.5 Å². The van der Waals surface area contributed by atoms with Crippen LogP contribution in [-0.2, 0) is 0 Å². The molecule has 1 aromatic heterocycles. The van der Waals surface area contributed by atoms with Crippen LogP contribution in [0.15, 0.2) is 36.5 Å². The first-order valence-corrected chi connectivity index (χ1v) is 7.67. The summed E-state index contributed by atoms with van der Waals surface area (Å²) in [5, 5.41) is 12.0. The van der Waals surface area contributed by atoms with Gasteiger partial charge in [0.15, 0.2) is 0 Å². The zero-order valence-corrected chi connectivity index (χ0v) is 14.0. The van der Waals surface area contributed by atoms with Crippen molar-refractivity contribution in [1.29, 1.82) is 0 Å². The summed E-state index contributed by atoms with van der Waals surface area (Å²) < 4.78 is 1.85. The molecule has 0 spiro atoms. The van der Waals surface area contributed by atoms with Gasteiger partial charge in [-0.3, -0.25) is 4.90 Å². The Hall–Kier alpha value is -1.43. The van der Waals surface area contributed by atoms with Gasteiger partial charge in [0.1, 0.15) is 0 Å². The van der Waals surface area contributed by atoms with Crippen molar-refractivity contribution < 1.29 is 0 Å². The highest BCUT2D eigenvalue weighted by Gasteiger charge is 2.25. The molecule has 1 N–H and O–H groups in total. The van der Waals surface area contributed by atoms with E-state index in [0.717, 1.165) is 24.5 Å². The maximum Gasteiger partial charge on any atom is 0.1000 e. The van der Waals surface area contributed by atoms with E-state index in [1.165, 1.54) is 12.8 Å². The molecular formula is C16H24ClN5. The number of likely N-dealkylation sites (tertiary alicyclic amines) is 1. The van der Waals surface area contributed by atoms with Gasteiger partial charge in [-0.25, -0.2) is 4.68 Å². The summed E-state index contributed by atoms with van der Waals surface area (Å²) >= 11 is 0. The second-order valence-corrected chi connectivity index (χ2v) is 5.72. The Labute approximate surface area is 138 Å². The van der Waals surface area contributed by atoms with E-state index in [4.69, 9.17) is 0 Å². The molecule has 1 aliphatic rings. The molecule has 0 saturated carbocycles. The van der Waals surface area contributed by atoms with Crippen LogP contribution in [0.2, 0.25) is 0 Å². The molecule has 5 nitrogen and oxygen atoms in total. The first-order valence-electron chi connectivity index (χ1n) is 7.67. The monoisotopic (exact) mass is 321 g/mol. The lowest BCUT2D eigenvalue weighted by molar-refractivity contribution is 0.146. The normalized spacial score (nSPS) is 20.4. The molecular weight excluding hydrogens is 298 g/mol. The highest BCUT2D eigenvalue weighted by Crippen LogP contribution is 2.23. The van der Waals surface area contributed by atoms with Gasteiger partial charge in [0.05, 0.1) is 23.6 Å². The molecule has 120 valence electrons. The van der Waals surface area contributed by atoms with Crippen molar-refractivity contribution in [3.05, 3.63) is 42.2 Å². The van der Waals surface area contributed by atoms with Crippen LogP contribution in [0.5, 0.6) is 0 Å². The average molecular weight is 322 g/mol. The van der Waals surface area contributed by atoms with Crippen molar-refractivity contribution in [3.63, 3.8) is 0 Å². The zero-order valence-electron chi connectivity index (χ0n) is 13.1. The minimum Gasteiger partial charge on any atom is -0.316 e. The number of rotatable bonds is 4. The lowest BCUT2D eigenvalue weighted by Gasteiger charge is -2.35. The number of hydrogen-bond acceptors (Lipinski definition) is 4. The fourth-order valence-corrected chi connectivity index (χ4v) is 2.96. The van der Waals surface area contributed by atoms with Gasteiger partial charge in [-0.15, -0.1) is 17.5 Å². The Balaban J connectivity index is 0.00000176. The second kappa shape index (κ2) is 7.72. The molecule has 0 aliphatic carbocycles. The summed E-state index contributed by atoms with van der Waals surface area (Å²) in [6, 6.07) is 11.0. The molecule has 1 saturated heterocycles. The predicted octanol–water partition coefficient (Wildman–Crippen LogP) is 2.43. The maximum atomic E-state index is 4.37. The molecule has 2 unspecified atom stereocenters. The van der Waals surface area contributed by atoms with Gasteiger partial charge in [-0.1, -0.05) is 23.4 Å². The van der Waals surface area contributed by atoms with E-state index >= 15 is 0 Å². The Morgan fingerprint density at radius 1 is 1.27 bits per heavy atom. The molecule has 1 aliphatic heterocycles. The summed E-state index contributed by atoms with van der Waals surface area (Å²) in [4.78, 5) is 2.49. The third-order valence-corrected chi connectivity index (χ3v) is 4.37. The number of nitrogens with one attached hydrogen (secondary N) is 1. The maximum absolute atomic E-state index is 4.37. The highest BCUT2D eigenvalue weighted by atomic mass is 35.5. The summed E-state index contributed by atoms with van der Waals surface area (Å²) in [6.45, 7) is 4.44. The Morgan fingerprint density at radius 3 is 2.77 bits per heavy atom. The van der Waals surface area contributed by atoms with Crippen LogP contribution in [0.25, 0.3) is 5.69 Å². The topological polar surface area (TPSA) is 46.0 Å². The number of aromatic nitrogens is 3. The minimum atomic E-state index is 0. The van der Waals surface area contributed by atoms with E-state index in [1.54, 1.807) is 0 Å². The van der Waals surface area contributed by atoms with Crippen molar-refractivity contribution >= 4 is 12.4 Å². The number of para-hydroxylation sites is 1. The van der Waals surface area contributed by atoms with Crippen molar-refractivity contribution in [3.8, 4) is 5.69 Å². The van der Waals surface area contributed by atoms with E-state index in [0.29, 0.717) is 12.1 Å². The SMILES string of the molecule is CNC1CCCN(C(C)c2cn(-c3ccccc3)nn2)C1.Cl. The van der Waals surface area contributed by atoms with Crippen molar-refractivity contribution in [1.82, 2.24) is 25.2 Å². The van der Waals surface area contributed by atoms with Crippen molar-refractivity contribution in [2.24, 2.45) is 0 Å². The first kappa shape index (κ1) is 16.9. The number of halogens is 1. The highest BCUT2D eigenvalue weighted by molar-refractivity contribution is 5.85. The lowest BCUT2D eigenvalue weighted by atomic mass is 10.0. The van der Waals surface area contributed by atoms with Gasteiger partial charge >= 0.3 is 0 Å². The quantitative estimate of drug-likeness (QED) is 0.939. The third kappa shape index (κ3) is 3.66. The van der Waals surface area contributed by atoms with E-state index in [1.807, 2.05) is 48.3 Å². The third-order valence-electron chi connectivity index (χ3n) is 4.37. The molecule has 2 aromatic rings. The van der Waals surface area contributed by atoms with E-state index in [9.17, 15) is 0 Å². The molecule has 3 rings (SSSR count). The van der Waals surface area contributed by atoms with Crippen molar-refractivity contribution in [2.75, 3.05) is 20.1 Å². The first-order chi connectivity index (χ1) is 10.3. The average Bonchev–Trinajstić information content (AvgIpc) is 3.05. The van der Waals surface area contributed by atoms with Gasteiger partial charge in [0, 0.05) is 12.6 Å². The summed E-state index contributed by atoms with van der Waals surface area (Å²) in [5.74, 6) is 0. The second-order valence-electron chi connectivity index (χ2n) is 5.72. The van der Waals surface area contributed by atoms with Gasteiger partial charge in [-0.05, 0) is 45.5 Å². The van der Waals surface area contributed by atoms with Crippen LogP contribution >= 0.6 is 12.4 Å². The molecule has 0 amide bonds. The summed E-state index contributed by atoms with van der Waals surface area (Å²) in [7, 11) is 2.05. The predicted molar refractivity (Wildman–Crippen MR) is 90.7 cm³/mol. The van der Waals surface area contributed by atoms with Crippen LogP contribution in [0, 0.1) is 0 Å². The van der Waals surface area contributed by atoms with Gasteiger partial charge < -0.3 is 5.32 Å². The molecule has 1 fully saturated rings. The van der Waals surface area contributed by atoms with Gasteiger partial charge in [0.25, 0.3) is 0 Å². The van der Waals surface area contributed by atoms with Gasteiger partial charge in [-0.2, -0.15) is 0 Å². The molecule has 2 atom stereocenters. The minimum absolute atomic E-state index is 0. The fourth-order valence-electron chi connectivity index (χ4n) is 2.96. The number of benzene rings is 1. The van der Waals surface area contributed by atoms with Crippen LogP contribution in [0.1, 0.15) is 31.5 Å². The van der Waals surface area contributed by atoms with Crippen LogP contribution in [-0.4, -0.2) is 46.1 Å². The number of hydrogen-bond donors (Lipinski definition) is 1. The van der Waals surface area contributed by atoms with E-state index < -0.39 is 0 Å². The van der Waals surface area contributed by atoms with Crippen LogP contribution in [0.4, 0.5) is 0 Å². The molecule has 0 radical (unpaired) electrons. The Kier molecular flexibility index (Phi) is 5.94. The molecule has 0 bridgehead atoms. The van der Waals surface area contributed by atoms with E-state index in [-0.39, 0.29) is 12.4 Å². The standard InChI is InChI=1S/C16H23N5.ClH/c1-13(20-10-6-7-14(11-20)17-2)16-12-21(19-18-16)15-8-4-3-5-9-15;/h3-5,8-9,12-14,17H,6-7,10-11H2,1-2H3;1H. The number of nitrogens with zero attached hydrogens (tertiary/aromatic N) is 4. The smallest absolute Gasteiger partial charge is 0.1000 e. The fraction of sp³-hybridized carbons (Fsp3) is 0.500. The largest absolute Gasteiger partial charge is 0.316 e. The molecule has 6 heteroatoms. The summed E-state index contributed by atoms with van der Waals surface area (Å²) in [5.41, 5.74) is 2.09.